The van der Waals surface area contributed by atoms with Gasteiger partial charge in [-0.1, -0.05) is 18.2 Å². The zero-order chi connectivity index (χ0) is 20.5. The number of hydrogen-bond donors (Lipinski definition) is 2. The lowest BCUT2D eigenvalue weighted by Crippen LogP contribution is -2.26. The smallest absolute Gasteiger partial charge is 0.271 e. The molecule has 2 aromatic carbocycles. The summed E-state index contributed by atoms with van der Waals surface area (Å²) in [6, 6.07) is 12.5. The molecule has 2 N–H and O–H groups in total. The molecule has 0 saturated carbocycles. The predicted molar refractivity (Wildman–Crippen MR) is 103 cm³/mol. The Balaban J connectivity index is 1.85. The van der Waals surface area contributed by atoms with E-state index >= 15 is 0 Å². The number of carbonyl (C=O) groups excluding carboxylic acids is 2. The number of nitrogens with one attached hydrogen (secondary N) is 2. The zero-order valence-corrected chi connectivity index (χ0v) is 15.5. The van der Waals surface area contributed by atoms with E-state index in [0.29, 0.717) is 18.0 Å². The molecule has 0 heterocycles. The first-order chi connectivity index (χ1) is 13.4. The van der Waals surface area contributed by atoms with E-state index < -0.39 is 10.8 Å². The number of nitrogens with zero attached hydrogens (tertiary/aromatic N) is 2. The molecule has 9 heteroatoms. The monoisotopic (exact) mass is 384 g/mol. The van der Waals surface area contributed by atoms with E-state index in [4.69, 9.17) is 4.74 Å². The summed E-state index contributed by atoms with van der Waals surface area (Å²) < 4.78 is 5.23. The second-order valence-electron chi connectivity index (χ2n) is 5.86. The van der Waals surface area contributed by atoms with Gasteiger partial charge in [0.15, 0.2) is 0 Å². The maximum atomic E-state index is 12.0. The number of ether oxygens (including phenoxy) is 1. The van der Waals surface area contributed by atoms with Gasteiger partial charge in [-0.25, -0.2) is 5.43 Å². The van der Waals surface area contributed by atoms with Crippen LogP contribution < -0.4 is 15.5 Å². The number of hydrogen-bond acceptors (Lipinski definition) is 6. The molecule has 0 saturated heterocycles. The van der Waals surface area contributed by atoms with Crippen LogP contribution in [0, 0.1) is 10.1 Å². The molecule has 9 nitrogen and oxygen atoms in total. The summed E-state index contributed by atoms with van der Waals surface area (Å²) in [5, 5.41) is 17.3. The van der Waals surface area contributed by atoms with Gasteiger partial charge in [0.1, 0.15) is 5.75 Å². The first-order valence-electron chi connectivity index (χ1n) is 8.37. The Hall–Kier alpha value is -3.75. The van der Waals surface area contributed by atoms with E-state index in [-0.39, 0.29) is 23.6 Å². The highest BCUT2D eigenvalue weighted by Gasteiger charge is 2.10. The largest absolute Gasteiger partial charge is 0.496 e. The van der Waals surface area contributed by atoms with Crippen LogP contribution >= 0.6 is 0 Å². The van der Waals surface area contributed by atoms with Crippen molar-refractivity contribution < 1.29 is 19.2 Å². The van der Waals surface area contributed by atoms with Gasteiger partial charge in [0.2, 0.25) is 5.91 Å². The minimum atomic E-state index is -0.548. The summed E-state index contributed by atoms with van der Waals surface area (Å²) in [6.07, 6.45) is 0.00961. The molecule has 0 atom stereocenters. The van der Waals surface area contributed by atoms with E-state index in [0.717, 1.165) is 5.56 Å². The first-order valence-corrected chi connectivity index (χ1v) is 8.37. The lowest BCUT2D eigenvalue weighted by atomic mass is 10.2. The lowest BCUT2D eigenvalue weighted by Gasteiger charge is -2.09. The predicted octanol–water partition coefficient (Wildman–Crippen LogP) is 2.42. The quantitative estimate of drug-likeness (QED) is 0.411. The molecule has 146 valence electrons. The maximum Gasteiger partial charge on any atom is 0.271 e. The van der Waals surface area contributed by atoms with Gasteiger partial charge in [-0.3, -0.25) is 19.7 Å². The third-order valence-corrected chi connectivity index (χ3v) is 3.77. The fourth-order valence-electron chi connectivity index (χ4n) is 2.32. The summed E-state index contributed by atoms with van der Waals surface area (Å²) in [7, 11) is 1.56. The van der Waals surface area contributed by atoms with Gasteiger partial charge in [-0.2, -0.15) is 5.10 Å². The molecule has 0 unspecified atom stereocenters. The van der Waals surface area contributed by atoms with Crippen LogP contribution in [0.2, 0.25) is 0 Å². The van der Waals surface area contributed by atoms with Crippen LogP contribution in [0.3, 0.4) is 0 Å². The molecule has 0 spiro atoms. The Bertz CT molecular complexity index is 893. The Morgan fingerprint density at radius 1 is 1.14 bits per heavy atom. The summed E-state index contributed by atoms with van der Waals surface area (Å²) in [5.41, 5.74) is 3.70. The van der Waals surface area contributed by atoms with Gasteiger partial charge in [0.05, 0.1) is 18.5 Å². The van der Waals surface area contributed by atoms with Crippen molar-refractivity contribution in [3.63, 3.8) is 0 Å². The fraction of sp³-hybridized carbons (Fsp3) is 0.211. The van der Waals surface area contributed by atoms with E-state index in [1.54, 1.807) is 14.0 Å². The molecular formula is C19H20N4O5. The second kappa shape index (κ2) is 9.81. The average molecular weight is 384 g/mol. The van der Waals surface area contributed by atoms with Crippen LogP contribution in [0.4, 0.5) is 5.69 Å². The number of benzene rings is 2. The normalized spacial score (nSPS) is 10.9. The number of carbonyl (C=O) groups is 2. The van der Waals surface area contributed by atoms with Crippen LogP contribution in [0.25, 0.3) is 0 Å². The number of para-hydroxylation sites is 1. The summed E-state index contributed by atoms with van der Waals surface area (Å²) >= 11 is 0. The first kappa shape index (κ1) is 20.6. The minimum Gasteiger partial charge on any atom is -0.496 e. The van der Waals surface area contributed by atoms with Crippen molar-refractivity contribution in [1.29, 1.82) is 0 Å². The summed E-state index contributed by atoms with van der Waals surface area (Å²) in [4.78, 5) is 34.1. The van der Waals surface area contributed by atoms with Gasteiger partial charge < -0.3 is 10.1 Å². The number of nitro groups is 1. The van der Waals surface area contributed by atoms with Gasteiger partial charge in [-0.15, -0.1) is 0 Å². The van der Waals surface area contributed by atoms with Crippen LogP contribution in [0.15, 0.2) is 53.6 Å². The number of non-ortho nitro benzene ring substituents is 1. The molecule has 2 rings (SSSR count). The topological polar surface area (TPSA) is 123 Å². The molecule has 0 bridgehead atoms. The molecule has 2 aromatic rings. The van der Waals surface area contributed by atoms with Gasteiger partial charge in [0, 0.05) is 35.5 Å². The molecule has 0 aromatic heterocycles. The molecule has 28 heavy (non-hydrogen) atoms. The number of rotatable bonds is 8. The number of amides is 2. The third-order valence-electron chi connectivity index (χ3n) is 3.77. The van der Waals surface area contributed by atoms with Crippen LogP contribution in [-0.2, 0) is 11.3 Å². The molecular weight excluding hydrogens is 364 g/mol. The third kappa shape index (κ3) is 5.90. The van der Waals surface area contributed by atoms with Crippen LogP contribution in [-0.4, -0.2) is 29.6 Å². The zero-order valence-electron chi connectivity index (χ0n) is 15.5. The molecule has 0 fully saturated rings. The molecule has 2 amide bonds. The van der Waals surface area contributed by atoms with Crippen molar-refractivity contribution in [3.8, 4) is 5.75 Å². The van der Waals surface area contributed by atoms with Crippen molar-refractivity contribution in [2.24, 2.45) is 5.10 Å². The Kier molecular flexibility index (Phi) is 7.21. The highest BCUT2D eigenvalue weighted by Crippen LogP contribution is 2.16. The van der Waals surface area contributed by atoms with Crippen molar-refractivity contribution in [2.75, 3.05) is 7.11 Å². The van der Waals surface area contributed by atoms with Gasteiger partial charge in [-0.05, 0) is 25.1 Å². The van der Waals surface area contributed by atoms with E-state index in [1.165, 1.54) is 24.3 Å². The minimum absolute atomic E-state index is 0.00961. The van der Waals surface area contributed by atoms with E-state index in [9.17, 15) is 19.7 Å². The van der Waals surface area contributed by atoms with Gasteiger partial charge >= 0.3 is 0 Å². The summed E-state index contributed by atoms with van der Waals surface area (Å²) in [5.74, 6) is -0.0935. The van der Waals surface area contributed by atoms with Crippen LogP contribution in [0.1, 0.15) is 29.3 Å². The molecule has 0 aliphatic rings. The SMILES string of the molecule is COc1ccccc1CNC(=O)C/C(C)=N/NC(=O)c1ccc([N+](=O)[O-])cc1. The van der Waals surface area contributed by atoms with Gasteiger partial charge in [0.25, 0.3) is 11.6 Å². The Morgan fingerprint density at radius 3 is 2.46 bits per heavy atom. The molecule has 0 aliphatic heterocycles. The molecule has 0 radical (unpaired) electrons. The fourth-order valence-corrected chi connectivity index (χ4v) is 2.32. The Labute approximate surface area is 161 Å². The van der Waals surface area contributed by atoms with Crippen molar-refractivity contribution in [3.05, 3.63) is 69.8 Å². The Morgan fingerprint density at radius 2 is 1.82 bits per heavy atom. The number of hydrazone groups is 1. The summed E-state index contributed by atoms with van der Waals surface area (Å²) in [6.45, 7) is 1.92. The van der Waals surface area contributed by atoms with E-state index in [2.05, 4.69) is 15.8 Å². The van der Waals surface area contributed by atoms with Crippen LogP contribution in [0.5, 0.6) is 5.75 Å². The molecule has 0 aliphatic carbocycles. The number of nitro benzene ring substituents is 1. The highest BCUT2D eigenvalue weighted by molar-refractivity contribution is 6.01. The highest BCUT2D eigenvalue weighted by atomic mass is 16.6. The lowest BCUT2D eigenvalue weighted by molar-refractivity contribution is -0.384. The number of methoxy groups -OCH3 is 1. The average Bonchev–Trinajstić information content (AvgIpc) is 2.70. The van der Waals surface area contributed by atoms with Crippen molar-refractivity contribution in [1.82, 2.24) is 10.7 Å². The standard InChI is InChI=1S/C19H20N4O5/c1-13(11-18(24)20-12-15-5-3-4-6-17(15)28-2)21-22-19(25)14-7-9-16(10-8-14)23(26)27/h3-10H,11-12H2,1-2H3,(H,20,24)(H,22,25)/b21-13+. The van der Waals surface area contributed by atoms with Crippen molar-refractivity contribution in [2.45, 2.75) is 19.9 Å². The second-order valence-corrected chi connectivity index (χ2v) is 5.86. The maximum absolute atomic E-state index is 12.0. The van der Waals surface area contributed by atoms with E-state index in [1.807, 2.05) is 24.3 Å². The van der Waals surface area contributed by atoms with Crippen molar-refractivity contribution >= 4 is 23.2 Å².